The predicted molar refractivity (Wildman–Crippen MR) is 168 cm³/mol. The first-order valence-electron chi connectivity index (χ1n) is 15.5. The summed E-state index contributed by atoms with van der Waals surface area (Å²) in [6.45, 7) is 2.31. The first kappa shape index (κ1) is 29.7. The maximum Gasteiger partial charge on any atom is 0.315 e. The molecule has 3 aromatic rings. The number of carbonyl (C=O) groups is 2. The monoisotopic (exact) mass is 593 g/mol. The van der Waals surface area contributed by atoms with Gasteiger partial charge in [-0.25, -0.2) is 0 Å². The second-order valence-corrected chi connectivity index (χ2v) is 11.9. The van der Waals surface area contributed by atoms with Crippen molar-refractivity contribution in [3.63, 3.8) is 0 Å². The number of allylic oxidation sites excluding steroid dienone is 2. The highest BCUT2D eigenvalue weighted by molar-refractivity contribution is 6.09. The van der Waals surface area contributed by atoms with Gasteiger partial charge in [0.05, 0.1) is 14.2 Å². The Kier molecular flexibility index (Phi) is 8.82. The molecule has 0 amide bonds. The Balaban J connectivity index is 1.35. The zero-order valence-electron chi connectivity index (χ0n) is 25.6. The molecule has 0 saturated heterocycles. The normalized spacial score (nSPS) is 21.8. The smallest absolute Gasteiger partial charge is 0.315 e. The third-order valence-corrected chi connectivity index (χ3v) is 9.07. The lowest BCUT2D eigenvalue weighted by Gasteiger charge is -2.37. The summed E-state index contributed by atoms with van der Waals surface area (Å²) < 4.78 is 23.2. The van der Waals surface area contributed by atoms with Crippen LogP contribution in [-0.2, 0) is 20.9 Å². The van der Waals surface area contributed by atoms with Crippen molar-refractivity contribution in [1.29, 1.82) is 0 Å². The van der Waals surface area contributed by atoms with Crippen LogP contribution in [0.15, 0.2) is 89.1 Å². The molecule has 0 aromatic heterocycles. The summed E-state index contributed by atoms with van der Waals surface area (Å²) in [7, 11) is 3.21. The van der Waals surface area contributed by atoms with Gasteiger partial charge in [0, 0.05) is 29.3 Å². The van der Waals surface area contributed by atoms with E-state index < -0.39 is 11.8 Å². The van der Waals surface area contributed by atoms with E-state index in [2.05, 4.69) is 0 Å². The maximum atomic E-state index is 14.1. The summed E-state index contributed by atoms with van der Waals surface area (Å²) in [5.41, 5.74) is 4.93. The van der Waals surface area contributed by atoms with Gasteiger partial charge in [-0.05, 0) is 85.9 Å². The molecule has 0 spiro atoms. The molecule has 3 atom stereocenters. The summed E-state index contributed by atoms with van der Waals surface area (Å²) in [4.78, 5) is 32.9. The van der Waals surface area contributed by atoms with Crippen LogP contribution in [0.3, 0.4) is 0 Å². The van der Waals surface area contributed by atoms with E-state index in [-0.39, 0.29) is 23.8 Å². The van der Waals surface area contributed by atoms with Crippen molar-refractivity contribution >= 4 is 17.5 Å². The van der Waals surface area contributed by atoms with E-state index in [1.165, 1.54) is 0 Å². The molecule has 0 bridgehead atoms. The number of carbonyl (C=O) groups excluding carboxylic acids is 2. The number of hydrogen-bond acceptors (Lipinski definition) is 7. The number of methoxy groups -OCH3 is 2. The molecule has 0 N–H and O–H groups in total. The molecular formula is C37H39NO6. The Morgan fingerprint density at radius 3 is 2.39 bits per heavy atom. The van der Waals surface area contributed by atoms with Crippen LogP contribution in [0.4, 0.5) is 0 Å². The average Bonchev–Trinajstić information content (AvgIpc) is 3.56. The van der Waals surface area contributed by atoms with Gasteiger partial charge in [0.25, 0.3) is 0 Å². The molecule has 1 saturated carbocycles. The summed E-state index contributed by atoms with van der Waals surface area (Å²) in [5, 5.41) is 0. The van der Waals surface area contributed by atoms with E-state index in [1.54, 1.807) is 14.2 Å². The van der Waals surface area contributed by atoms with E-state index in [4.69, 9.17) is 23.9 Å². The second kappa shape index (κ2) is 13.1. The second-order valence-electron chi connectivity index (χ2n) is 11.9. The SMILES string of the molecule is COc1ccc([C@@H]2CC(=O)C3=C(C2)N=C(C)C(C(=O)OC2CCCC2)[C@@H]3c2cccc(OCc3ccccc3)c2)cc1OC. The summed E-state index contributed by atoms with van der Waals surface area (Å²) in [6, 6.07) is 23.6. The van der Waals surface area contributed by atoms with Crippen LogP contribution in [-0.4, -0.2) is 37.8 Å². The highest BCUT2D eigenvalue weighted by Crippen LogP contribution is 2.48. The molecule has 6 rings (SSSR count). The number of esters is 1. The highest BCUT2D eigenvalue weighted by Gasteiger charge is 2.45. The van der Waals surface area contributed by atoms with Crippen molar-refractivity contribution in [1.82, 2.24) is 0 Å². The molecule has 1 unspecified atom stereocenters. The number of ketones is 1. The highest BCUT2D eigenvalue weighted by atomic mass is 16.5. The van der Waals surface area contributed by atoms with Crippen LogP contribution < -0.4 is 14.2 Å². The van der Waals surface area contributed by atoms with Crippen LogP contribution in [0, 0.1) is 5.92 Å². The van der Waals surface area contributed by atoms with E-state index in [1.807, 2.05) is 79.7 Å². The molecule has 3 aromatic carbocycles. The third-order valence-electron chi connectivity index (χ3n) is 9.07. The number of aliphatic imine (C=N–C) groups is 1. The van der Waals surface area contributed by atoms with E-state index in [0.29, 0.717) is 48.0 Å². The Bertz CT molecular complexity index is 1590. The Morgan fingerprint density at radius 1 is 0.864 bits per heavy atom. The van der Waals surface area contributed by atoms with Gasteiger partial charge < -0.3 is 18.9 Å². The van der Waals surface area contributed by atoms with Gasteiger partial charge >= 0.3 is 5.97 Å². The summed E-state index contributed by atoms with van der Waals surface area (Å²) >= 11 is 0. The molecule has 2 aliphatic carbocycles. The predicted octanol–water partition coefficient (Wildman–Crippen LogP) is 7.34. The van der Waals surface area contributed by atoms with Crippen molar-refractivity contribution in [3.05, 3.63) is 101 Å². The molecular weight excluding hydrogens is 554 g/mol. The molecule has 1 fully saturated rings. The van der Waals surface area contributed by atoms with Gasteiger partial charge in [0.1, 0.15) is 24.4 Å². The number of rotatable bonds is 9. The molecule has 3 aliphatic rings. The van der Waals surface area contributed by atoms with Crippen LogP contribution in [0.5, 0.6) is 17.2 Å². The average molecular weight is 594 g/mol. The lowest BCUT2D eigenvalue weighted by Crippen LogP contribution is -2.39. The molecule has 1 aliphatic heterocycles. The molecule has 7 heteroatoms. The zero-order valence-corrected chi connectivity index (χ0v) is 25.6. The van der Waals surface area contributed by atoms with Crippen molar-refractivity contribution in [3.8, 4) is 17.2 Å². The Morgan fingerprint density at radius 2 is 1.64 bits per heavy atom. The number of ether oxygens (including phenoxy) is 4. The van der Waals surface area contributed by atoms with Gasteiger partial charge in [0.2, 0.25) is 0 Å². The lowest BCUT2D eigenvalue weighted by molar-refractivity contribution is -0.151. The number of hydrogen-bond donors (Lipinski definition) is 0. The van der Waals surface area contributed by atoms with Gasteiger partial charge in [0.15, 0.2) is 17.3 Å². The Hall–Kier alpha value is -4.39. The molecule has 228 valence electrons. The van der Waals surface area contributed by atoms with Crippen LogP contribution in [0.2, 0.25) is 0 Å². The minimum Gasteiger partial charge on any atom is -0.493 e. The lowest BCUT2D eigenvalue weighted by atomic mass is 9.69. The zero-order chi connectivity index (χ0) is 30.6. The fourth-order valence-corrected chi connectivity index (χ4v) is 6.85. The van der Waals surface area contributed by atoms with Gasteiger partial charge in [-0.2, -0.15) is 0 Å². The fourth-order valence-electron chi connectivity index (χ4n) is 6.85. The minimum absolute atomic E-state index is 0.00144. The number of Topliss-reactive ketones (excluding diaryl/α,β-unsaturated/α-hetero) is 1. The minimum atomic E-state index is -0.680. The van der Waals surface area contributed by atoms with Crippen LogP contribution >= 0.6 is 0 Å². The number of nitrogens with zero attached hydrogens (tertiary/aromatic N) is 1. The molecule has 7 nitrogen and oxygen atoms in total. The van der Waals surface area contributed by atoms with E-state index in [9.17, 15) is 9.59 Å². The van der Waals surface area contributed by atoms with Crippen LogP contribution in [0.25, 0.3) is 0 Å². The molecule has 44 heavy (non-hydrogen) atoms. The third kappa shape index (κ3) is 6.14. The van der Waals surface area contributed by atoms with Gasteiger partial charge in [-0.3, -0.25) is 14.6 Å². The Labute approximate surface area is 258 Å². The number of benzene rings is 3. The largest absolute Gasteiger partial charge is 0.493 e. The topological polar surface area (TPSA) is 83.4 Å². The maximum absolute atomic E-state index is 14.1. The first-order chi connectivity index (χ1) is 21.4. The van der Waals surface area contributed by atoms with Gasteiger partial charge in [-0.15, -0.1) is 0 Å². The van der Waals surface area contributed by atoms with Crippen molar-refractivity contribution in [2.45, 2.75) is 70.0 Å². The summed E-state index contributed by atoms with van der Waals surface area (Å²) in [6.07, 6.45) is 4.69. The molecule has 1 heterocycles. The van der Waals surface area contributed by atoms with Crippen molar-refractivity contribution < 1.29 is 28.5 Å². The standard InChI is InChI=1S/C37H39NO6/c1-23-34(37(40)44-28-13-7-8-14-28)35(26-12-9-15-29(18-26)43-22-24-10-5-4-6-11-24)36-30(38-23)19-27(20-31(36)39)25-16-17-32(41-2)33(21-25)42-3/h4-6,9-12,15-18,21,27-28,34-35H,7-8,13-14,19-20,22H2,1-3H3/t27-,34?,35-/m0/s1. The molecule has 0 radical (unpaired) electrons. The van der Waals surface area contributed by atoms with Gasteiger partial charge in [-0.1, -0.05) is 48.5 Å². The van der Waals surface area contributed by atoms with E-state index >= 15 is 0 Å². The van der Waals surface area contributed by atoms with Crippen molar-refractivity contribution in [2.24, 2.45) is 10.9 Å². The van der Waals surface area contributed by atoms with E-state index in [0.717, 1.165) is 48.1 Å². The van der Waals surface area contributed by atoms with Crippen molar-refractivity contribution in [2.75, 3.05) is 14.2 Å². The van der Waals surface area contributed by atoms with Crippen LogP contribution in [0.1, 0.15) is 74.0 Å². The summed E-state index contributed by atoms with van der Waals surface area (Å²) in [5.74, 6) is 0.393. The quantitative estimate of drug-likeness (QED) is 0.241. The fraction of sp³-hybridized carbons (Fsp3) is 0.378. The first-order valence-corrected chi connectivity index (χ1v) is 15.5.